The van der Waals surface area contributed by atoms with Crippen LogP contribution in [0, 0.1) is 11.8 Å². The van der Waals surface area contributed by atoms with Gasteiger partial charge in [-0.25, -0.2) is 0 Å². The summed E-state index contributed by atoms with van der Waals surface area (Å²) in [5.74, 6) is 1.54. The van der Waals surface area contributed by atoms with E-state index in [0.717, 1.165) is 30.0 Å². The Morgan fingerprint density at radius 2 is 1.94 bits per heavy atom. The fourth-order valence-corrected chi connectivity index (χ4v) is 3.39. The maximum absolute atomic E-state index is 5.55. The van der Waals surface area contributed by atoms with Crippen molar-refractivity contribution >= 4 is 17.3 Å². The van der Waals surface area contributed by atoms with Gasteiger partial charge in [0, 0.05) is 19.1 Å². The molecule has 0 aromatic rings. The summed E-state index contributed by atoms with van der Waals surface area (Å²) in [6, 6.07) is 0.591. The van der Waals surface area contributed by atoms with Crippen LogP contribution in [0.3, 0.4) is 0 Å². The van der Waals surface area contributed by atoms with Crippen molar-refractivity contribution in [1.82, 2.24) is 10.2 Å². The van der Waals surface area contributed by atoms with E-state index in [0.29, 0.717) is 6.04 Å². The predicted octanol–water partition coefficient (Wildman–Crippen LogP) is 2.95. The van der Waals surface area contributed by atoms with E-state index in [9.17, 15) is 0 Å². The van der Waals surface area contributed by atoms with E-state index in [1.54, 1.807) is 0 Å². The molecular weight excluding hydrogens is 228 g/mol. The van der Waals surface area contributed by atoms with Crippen molar-refractivity contribution in [3.8, 4) is 0 Å². The number of hydrogen-bond donors (Lipinski definition) is 1. The molecule has 0 unspecified atom stereocenters. The number of rotatable bonds is 5. The minimum absolute atomic E-state index is 0.591. The molecule has 2 nitrogen and oxygen atoms in total. The van der Waals surface area contributed by atoms with Gasteiger partial charge in [0.05, 0.1) is 0 Å². The van der Waals surface area contributed by atoms with Gasteiger partial charge >= 0.3 is 0 Å². The monoisotopic (exact) mass is 252 g/mol. The maximum atomic E-state index is 5.55. The molecule has 17 heavy (non-hydrogen) atoms. The van der Waals surface area contributed by atoms with Gasteiger partial charge in [0.15, 0.2) is 5.11 Å². The average molecular weight is 252 g/mol. The topological polar surface area (TPSA) is 15.3 Å². The first kappa shape index (κ1) is 12.9. The van der Waals surface area contributed by atoms with Crippen LogP contribution in [0.4, 0.5) is 0 Å². The van der Waals surface area contributed by atoms with E-state index < -0.39 is 0 Å². The largest absolute Gasteiger partial charge is 0.359 e. The molecule has 96 valence electrons. The van der Waals surface area contributed by atoms with Crippen LogP contribution < -0.4 is 5.32 Å². The molecule has 2 rings (SSSR count). The summed E-state index contributed by atoms with van der Waals surface area (Å²) in [5, 5.41) is 4.56. The Balaban J connectivity index is 1.84. The highest BCUT2D eigenvalue weighted by Gasteiger charge is 2.36. The highest BCUT2D eigenvalue weighted by atomic mass is 32.1. The van der Waals surface area contributed by atoms with Gasteiger partial charge in [0.2, 0.25) is 0 Å². The number of fused-ring (bicyclic) bond motifs is 2. The molecule has 0 aliphatic heterocycles. The van der Waals surface area contributed by atoms with Gasteiger partial charge in [0.25, 0.3) is 0 Å². The van der Waals surface area contributed by atoms with E-state index in [2.05, 4.69) is 36.2 Å². The van der Waals surface area contributed by atoms with Crippen molar-refractivity contribution in [2.24, 2.45) is 11.8 Å². The van der Waals surface area contributed by atoms with Gasteiger partial charge in [-0.05, 0) is 49.7 Å². The van der Waals surface area contributed by atoms with Gasteiger partial charge in [-0.2, -0.15) is 0 Å². The third-order valence-corrected chi connectivity index (χ3v) is 4.24. The fourth-order valence-electron chi connectivity index (χ4n) is 3.05. The second-order valence-electron chi connectivity index (χ2n) is 5.32. The minimum atomic E-state index is 0.591. The molecule has 1 fully saturated rings. The molecule has 2 bridgehead atoms. The van der Waals surface area contributed by atoms with Crippen molar-refractivity contribution in [2.75, 3.05) is 13.1 Å². The molecule has 0 spiro atoms. The molecule has 0 heterocycles. The highest BCUT2D eigenvalue weighted by molar-refractivity contribution is 7.80. The molecular formula is C14H24N2S. The average Bonchev–Trinajstić information content (AvgIpc) is 2.90. The molecule has 3 heteroatoms. The van der Waals surface area contributed by atoms with E-state index in [1.807, 2.05) is 0 Å². The summed E-state index contributed by atoms with van der Waals surface area (Å²) in [5.41, 5.74) is 0. The number of thiocarbonyl (C=S) groups is 1. The molecule has 2 aliphatic rings. The van der Waals surface area contributed by atoms with Crippen LogP contribution in [0.15, 0.2) is 12.2 Å². The lowest BCUT2D eigenvalue weighted by Gasteiger charge is -2.29. The molecule has 0 amide bonds. The van der Waals surface area contributed by atoms with E-state index in [-0.39, 0.29) is 0 Å². The Hall–Kier alpha value is -0.570. The van der Waals surface area contributed by atoms with Crippen LogP contribution in [-0.2, 0) is 0 Å². The lowest BCUT2D eigenvalue weighted by molar-refractivity contribution is 0.393. The van der Waals surface area contributed by atoms with Gasteiger partial charge in [-0.1, -0.05) is 26.0 Å². The summed E-state index contributed by atoms with van der Waals surface area (Å²) < 4.78 is 0. The van der Waals surface area contributed by atoms with E-state index in [4.69, 9.17) is 12.2 Å². The molecule has 1 N–H and O–H groups in total. The van der Waals surface area contributed by atoms with Crippen LogP contribution in [-0.4, -0.2) is 29.1 Å². The smallest absolute Gasteiger partial charge is 0.169 e. The quantitative estimate of drug-likeness (QED) is 0.598. The van der Waals surface area contributed by atoms with Crippen LogP contribution in [0.5, 0.6) is 0 Å². The summed E-state index contributed by atoms with van der Waals surface area (Å²) in [7, 11) is 0. The standard InChI is InChI=1S/C14H24N2S/c1-3-7-16(8-4-2)14(17)15-13-10-11-5-6-12(13)9-11/h5-6,11-13H,3-4,7-10H2,1-2H3,(H,15,17)/t11-,12-,13+/m1/s1. The lowest BCUT2D eigenvalue weighted by Crippen LogP contribution is -2.46. The van der Waals surface area contributed by atoms with Gasteiger partial charge in [-0.3, -0.25) is 0 Å². The Bertz CT molecular complexity index is 295. The summed E-state index contributed by atoms with van der Waals surface area (Å²) >= 11 is 5.55. The zero-order valence-corrected chi connectivity index (χ0v) is 11.8. The van der Waals surface area contributed by atoms with Crippen LogP contribution in [0.1, 0.15) is 39.5 Å². The summed E-state index contributed by atoms with van der Waals surface area (Å²) in [6.07, 6.45) is 9.69. The van der Waals surface area contributed by atoms with Crippen molar-refractivity contribution in [1.29, 1.82) is 0 Å². The van der Waals surface area contributed by atoms with E-state index in [1.165, 1.54) is 25.7 Å². The third-order valence-electron chi connectivity index (χ3n) is 3.86. The number of nitrogens with zero attached hydrogens (tertiary/aromatic N) is 1. The van der Waals surface area contributed by atoms with Crippen molar-refractivity contribution in [3.63, 3.8) is 0 Å². The SMILES string of the molecule is CCCN(CCC)C(=S)N[C@H]1C[C@@H]2C=C[C@@H]1C2. The first-order valence-electron chi connectivity index (χ1n) is 6.98. The van der Waals surface area contributed by atoms with E-state index >= 15 is 0 Å². The number of hydrogen-bond acceptors (Lipinski definition) is 1. The van der Waals surface area contributed by atoms with Gasteiger partial charge < -0.3 is 10.2 Å². The molecule has 2 aliphatic carbocycles. The first-order valence-corrected chi connectivity index (χ1v) is 7.39. The lowest BCUT2D eigenvalue weighted by atomic mass is 10.0. The third kappa shape index (κ3) is 3.01. The van der Waals surface area contributed by atoms with Crippen LogP contribution >= 0.6 is 12.2 Å². The molecule has 0 aromatic heterocycles. The first-order chi connectivity index (χ1) is 8.24. The summed E-state index contributed by atoms with van der Waals surface area (Å²) in [6.45, 7) is 6.59. The van der Waals surface area contributed by atoms with Crippen LogP contribution in [0.2, 0.25) is 0 Å². The Morgan fingerprint density at radius 3 is 2.41 bits per heavy atom. The fraction of sp³-hybridized carbons (Fsp3) is 0.786. The molecule has 0 radical (unpaired) electrons. The predicted molar refractivity (Wildman–Crippen MR) is 77.0 cm³/mol. The van der Waals surface area contributed by atoms with Gasteiger partial charge in [0.1, 0.15) is 0 Å². The van der Waals surface area contributed by atoms with Crippen molar-refractivity contribution in [3.05, 3.63) is 12.2 Å². The van der Waals surface area contributed by atoms with Crippen LogP contribution in [0.25, 0.3) is 0 Å². The second-order valence-corrected chi connectivity index (χ2v) is 5.71. The maximum Gasteiger partial charge on any atom is 0.169 e. The second kappa shape index (κ2) is 5.85. The zero-order chi connectivity index (χ0) is 12.3. The zero-order valence-electron chi connectivity index (χ0n) is 11.0. The Kier molecular flexibility index (Phi) is 4.43. The summed E-state index contributed by atoms with van der Waals surface area (Å²) in [4.78, 5) is 2.32. The normalized spacial score (nSPS) is 29.6. The molecule has 1 saturated carbocycles. The minimum Gasteiger partial charge on any atom is -0.359 e. The Labute approximate surface area is 110 Å². The molecule has 0 aromatic carbocycles. The van der Waals surface area contributed by atoms with Crippen molar-refractivity contribution < 1.29 is 0 Å². The highest BCUT2D eigenvalue weighted by Crippen LogP contribution is 2.38. The number of allylic oxidation sites excluding steroid dienone is 1. The Morgan fingerprint density at radius 1 is 1.24 bits per heavy atom. The van der Waals surface area contributed by atoms with Crippen molar-refractivity contribution in [2.45, 2.75) is 45.6 Å². The van der Waals surface area contributed by atoms with Gasteiger partial charge in [-0.15, -0.1) is 0 Å². The molecule has 0 saturated heterocycles. The number of nitrogens with one attached hydrogen (secondary N) is 1. The molecule has 3 atom stereocenters.